The zero-order valence-electron chi connectivity index (χ0n) is 17.8. The minimum Gasteiger partial charge on any atom is -1.00 e. The Kier molecular flexibility index (Phi) is 7.90. The zero-order chi connectivity index (χ0) is 21.4. The average molecular weight is 491 g/mol. The Hall–Kier alpha value is -3.07. The molecular formula is C22H24Cl2N6OS. The number of nitrogens with two attached hydrogens (primary N) is 2. The van der Waals surface area contributed by atoms with Crippen molar-refractivity contribution in [2.24, 2.45) is 28.7 Å². The van der Waals surface area contributed by atoms with Crippen molar-refractivity contribution in [2.75, 3.05) is 5.32 Å². The number of phenols is 1. The van der Waals surface area contributed by atoms with Gasteiger partial charge in [-0.15, -0.1) is 17.5 Å². The summed E-state index contributed by atoms with van der Waals surface area (Å²) in [5.74, 6) is 0.256. The van der Waals surface area contributed by atoms with E-state index in [0.717, 1.165) is 42.9 Å². The van der Waals surface area contributed by atoms with E-state index in [4.69, 9.17) is 11.5 Å². The number of aryl methyl sites for hydroxylation is 2. The van der Waals surface area contributed by atoms with Gasteiger partial charge in [0.1, 0.15) is 11.4 Å². The van der Waals surface area contributed by atoms with E-state index in [1.807, 2.05) is 69.4 Å². The van der Waals surface area contributed by atoms with Gasteiger partial charge < -0.3 is 29.0 Å². The number of nitrogens with one attached hydrogen (secondary N) is 1. The van der Waals surface area contributed by atoms with Gasteiger partial charge in [0.15, 0.2) is 5.52 Å². The van der Waals surface area contributed by atoms with E-state index < -0.39 is 0 Å². The quantitative estimate of drug-likeness (QED) is 0.148. The van der Waals surface area contributed by atoms with E-state index in [9.17, 15) is 5.11 Å². The van der Waals surface area contributed by atoms with E-state index in [1.165, 1.54) is 0 Å². The molecule has 0 aliphatic rings. The number of thiazole rings is 1. The summed E-state index contributed by atoms with van der Waals surface area (Å²) < 4.78 is 3.18. The maximum atomic E-state index is 10.7. The Morgan fingerprint density at radius 3 is 2.44 bits per heavy atom. The number of hydrogen-bond acceptors (Lipinski definition) is 5. The minimum atomic E-state index is -0.0771. The van der Waals surface area contributed by atoms with Crippen LogP contribution in [0.15, 0.2) is 58.7 Å². The van der Waals surface area contributed by atoms with E-state index in [0.29, 0.717) is 11.5 Å². The number of guanidine groups is 1. The fourth-order valence-corrected chi connectivity index (χ4v) is 4.66. The molecule has 1 aromatic heterocycles. The van der Waals surface area contributed by atoms with Crippen molar-refractivity contribution in [1.82, 2.24) is 0 Å². The van der Waals surface area contributed by atoms with Crippen LogP contribution < -0.4 is 33.8 Å². The van der Waals surface area contributed by atoms with E-state index >= 15 is 0 Å². The molecule has 0 saturated carbocycles. The first-order chi connectivity index (χ1) is 14.4. The van der Waals surface area contributed by atoms with Crippen LogP contribution >= 0.6 is 23.7 Å². The van der Waals surface area contributed by atoms with Crippen LogP contribution in [0.3, 0.4) is 0 Å². The summed E-state index contributed by atoms with van der Waals surface area (Å²) in [4.78, 5) is 0. The molecule has 0 bridgehead atoms. The van der Waals surface area contributed by atoms with Gasteiger partial charge in [0.25, 0.3) is 0 Å². The van der Waals surface area contributed by atoms with Gasteiger partial charge >= 0.3 is 5.13 Å². The number of aromatic nitrogens is 1. The molecule has 0 aliphatic carbocycles. The predicted octanol–water partition coefficient (Wildman–Crippen LogP) is 1.06. The third kappa shape index (κ3) is 4.57. The number of phenolic OH excluding ortho intramolecular Hbond substituents is 1. The Morgan fingerprint density at radius 1 is 1.06 bits per heavy atom. The van der Waals surface area contributed by atoms with Crippen LogP contribution in [0, 0.1) is 6.92 Å². The number of hydrogen-bond donors (Lipinski definition) is 4. The number of fused-ring (bicyclic) bond motifs is 3. The molecule has 168 valence electrons. The summed E-state index contributed by atoms with van der Waals surface area (Å²) in [6.45, 7) is 3.80. The van der Waals surface area contributed by atoms with Crippen molar-refractivity contribution in [3.05, 3.63) is 59.7 Å². The molecule has 0 radical (unpaired) electrons. The lowest BCUT2D eigenvalue weighted by atomic mass is 10.0. The highest BCUT2D eigenvalue weighted by molar-refractivity contribution is 7.22. The molecule has 0 saturated heterocycles. The standard InChI is InChI=1S/C22H22N6OS.2ClH/c1-12-19(29)17-10-5-4-9-16(17)18-20(12)30-22(28(18)3)25-15-8-6-7-14(11-15)13(2)26-27-21(23)24;;/h4-11H,1-3H3,(H5,23,24,27,29);2*1H/b26-13+;;. The van der Waals surface area contributed by atoms with Gasteiger partial charge in [0.2, 0.25) is 5.96 Å². The highest BCUT2D eigenvalue weighted by atomic mass is 35.5. The highest BCUT2D eigenvalue weighted by Gasteiger charge is 2.22. The molecule has 32 heavy (non-hydrogen) atoms. The largest absolute Gasteiger partial charge is 1.00 e. The number of rotatable bonds is 4. The molecule has 1 heterocycles. The summed E-state index contributed by atoms with van der Waals surface area (Å²) in [6.07, 6.45) is 0. The number of anilines is 2. The highest BCUT2D eigenvalue weighted by Crippen LogP contribution is 2.40. The maximum Gasteiger partial charge on any atom is 0.339 e. The first kappa shape index (κ1) is 25.2. The monoisotopic (exact) mass is 490 g/mol. The number of aromatic hydroxyl groups is 1. The Bertz CT molecular complexity index is 1350. The number of nitrogens with zero attached hydrogens (tertiary/aromatic N) is 3. The molecule has 3 aromatic carbocycles. The number of benzene rings is 3. The molecule has 0 aliphatic heterocycles. The minimum absolute atomic E-state index is 0. The first-order valence-corrected chi connectivity index (χ1v) is 10.2. The van der Waals surface area contributed by atoms with Gasteiger partial charge in [-0.2, -0.15) is 5.10 Å². The molecule has 0 atom stereocenters. The fraction of sp³-hybridized carbons (Fsp3) is 0.136. The summed E-state index contributed by atoms with van der Waals surface area (Å²) in [5.41, 5.74) is 15.2. The molecular weight excluding hydrogens is 467 g/mol. The molecule has 0 amide bonds. The van der Waals surface area contributed by atoms with E-state index in [1.54, 1.807) is 11.3 Å². The van der Waals surface area contributed by atoms with Crippen molar-refractivity contribution in [3.8, 4) is 5.75 Å². The summed E-state index contributed by atoms with van der Waals surface area (Å²) >= 11 is 1.61. The Labute approximate surface area is 202 Å². The van der Waals surface area contributed by atoms with Crippen LogP contribution in [0.25, 0.3) is 21.0 Å². The second-order valence-corrected chi connectivity index (χ2v) is 8.08. The molecule has 0 unspecified atom stereocenters. The third-order valence-electron chi connectivity index (χ3n) is 5.03. The molecule has 4 aromatic rings. The van der Waals surface area contributed by atoms with Crippen molar-refractivity contribution in [1.29, 1.82) is 0 Å². The average Bonchev–Trinajstić information content (AvgIpc) is 3.06. The normalized spacial score (nSPS) is 11.0. The van der Waals surface area contributed by atoms with Crippen LogP contribution in [0.2, 0.25) is 0 Å². The number of halogens is 2. The smallest absolute Gasteiger partial charge is 0.339 e. The molecule has 4 rings (SSSR count). The van der Waals surface area contributed by atoms with Crippen LogP contribution in [-0.2, 0) is 7.05 Å². The van der Waals surface area contributed by atoms with Crippen molar-refractivity contribution >= 4 is 67.2 Å². The predicted molar refractivity (Wildman–Crippen MR) is 132 cm³/mol. The third-order valence-corrected chi connectivity index (χ3v) is 6.31. The lowest BCUT2D eigenvalue weighted by Gasteiger charge is -2.06. The van der Waals surface area contributed by atoms with Gasteiger partial charge in [-0.1, -0.05) is 30.3 Å². The SMILES string of the molecule is C/C(=N\N=C(N)N)c1cccc(Nc2sc3c(C)c(O)c4ccccc4c3[n+]2C)c1.Cl.[Cl-]. The summed E-state index contributed by atoms with van der Waals surface area (Å²) in [7, 11) is 2.03. The molecule has 7 nitrogen and oxygen atoms in total. The van der Waals surface area contributed by atoms with Crippen LogP contribution in [0.5, 0.6) is 5.75 Å². The van der Waals surface area contributed by atoms with Gasteiger partial charge in [0.05, 0.1) is 17.5 Å². The van der Waals surface area contributed by atoms with Crippen molar-refractivity contribution in [3.63, 3.8) is 0 Å². The van der Waals surface area contributed by atoms with Crippen LogP contribution in [-0.4, -0.2) is 16.8 Å². The van der Waals surface area contributed by atoms with Gasteiger partial charge in [-0.25, -0.2) is 9.88 Å². The van der Waals surface area contributed by atoms with Crippen molar-refractivity contribution < 1.29 is 22.1 Å². The summed E-state index contributed by atoms with van der Waals surface area (Å²) in [6, 6.07) is 15.8. The zero-order valence-corrected chi connectivity index (χ0v) is 20.1. The fourth-order valence-electron chi connectivity index (χ4n) is 3.48. The van der Waals surface area contributed by atoms with E-state index in [-0.39, 0.29) is 30.8 Å². The first-order valence-electron chi connectivity index (χ1n) is 9.40. The Balaban J connectivity index is 0.00000181. The summed E-state index contributed by atoms with van der Waals surface area (Å²) in [5, 5.41) is 24.8. The lowest BCUT2D eigenvalue weighted by molar-refractivity contribution is -0.625. The van der Waals surface area contributed by atoms with Gasteiger partial charge in [-0.3, -0.25) is 0 Å². The Morgan fingerprint density at radius 2 is 1.75 bits per heavy atom. The second-order valence-electron chi connectivity index (χ2n) is 7.08. The van der Waals surface area contributed by atoms with Crippen molar-refractivity contribution in [2.45, 2.75) is 13.8 Å². The molecule has 6 N–H and O–H groups in total. The second kappa shape index (κ2) is 10.0. The van der Waals surface area contributed by atoms with Gasteiger partial charge in [-0.05, 0) is 43.4 Å². The lowest BCUT2D eigenvalue weighted by Crippen LogP contribution is -3.00. The molecule has 0 spiro atoms. The van der Waals surface area contributed by atoms with Crippen LogP contribution in [0.1, 0.15) is 18.1 Å². The molecule has 0 fully saturated rings. The van der Waals surface area contributed by atoms with E-state index in [2.05, 4.69) is 20.1 Å². The topological polar surface area (TPSA) is 113 Å². The maximum absolute atomic E-state index is 10.7. The molecule has 10 heteroatoms. The van der Waals surface area contributed by atoms with Crippen LogP contribution in [0.4, 0.5) is 10.8 Å². The van der Waals surface area contributed by atoms with Gasteiger partial charge in [0, 0.05) is 21.9 Å².